The zero-order valence-corrected chi connectivity index (χ0v) is 16.1. The average Bonchev–Trinajstić information content (AvgIpc) is 2.72. The Kier molecular flexibility index (Phi) is 5.19. The molecule has 4 rings (SSSR count). The molecule has 1 unspecified atom stereocenters. The minimum atomic E-state index is -0.00193. The number of piperidine rings is 1. The zero-order chi connectivity index (χ0) is 19.5. The molecular formula is C22H25N5O. The predicted molar refractivity (Wildman–Crippen MR) is 110 cm³/mol. The van der Waals surface area contributed by atoms with Crippen LogP contribution in [0.4, 0.5) is 5.82 Å². The quantitative estimate of drug-likeness (QED) is 0.753. The highest BCUT2D eigenvalue weighted by Crippen LogP contribution is 2.31. The second kappa shape index (κ2) is 7.92. The van der Waals surface area contributed by atoms with E-state index in [1.165, 1.54) is 5.56 Å². The fourth-order valence-corrected chi connectivity index (χ4v) is 3.92. The summed E-state index contributed by atoms with van der Waals surface area (Å²) in [6.45, 7) is 2.59. The number of hydrogen-bond acceptors (Lipinski definition) is 5. The van der Waals surface area contributed by atoms with Crippen LogP contribution in [0.5, 0.6) is 0 Å². The van der Waals surface area contributed by atoms with Gasteiger partial charge in [0.2, 0.25) is 5.91 Å². The van der Waals surface area contributed by atoms with E-state index in [1.54, 1.807) is 0 Å². The van der Waals surface area contributed by atoms with Crippen LogP contribution in [-0.4, -0.2) is 32.3 Å². The number of nitrogens with zero attached hydrogens (tertiary/aromatic N) is 4. The lowest BCUT2D eigenvalue weighted by atomic mass is 9.97. The van der Waals surface area contributed by atoms with Crippen LogP contribution in [0.1, 0.15) is 48.8 Å². The van der Waals surface area contributed by atoms with Gasteiger partial charge in [-0.1, -0.05) is 30.3 Å². The molecule has 28 heavy (non-hydrogen) atoms. The van der Waals surface area contributed by atoms with Crippen molar-refractivity contribution < 1.29 is 4.79 Å². The lowest BCUT2D eigenvalue weighted by Gasteiger charge is -2.35. The van der Waals surface area contributed by atoms with Crippen molar-refractivity contribution in [2.24, 2.45) is 0 Å². The van der Waals surface area contributed by atoms with Crippen molar-refractivity contribution in [1.82, 2.24) is 19.9 Å². The number of aromatic nitrogens is 3. The van der Waals surface area contributed by atoms with Gasteiger partial charge < -0.3 is 10.6 Å². The molecule has 1 saturated heterocycles. The molecule has 1 fully saturated rings. The molecule has 0 saturated carbocycles. The maximum Gasteiger partial charge on any atom is 0.223 e. The first-order chi connectivity index (χ1) is 13.6. The Labute approximate surface area is 164 Å². The summed E-state index contributed by atoms with van der Waals surface area (Å²) in [4.78, 5) is 28.4. The highest BCUT2D eigenvalue weighted by Gasteiger charge is 2.29. The van der Waals surface area contributed by atoms with Crippen molar-refractivity contribution in [3.05, 3.63) is 59.5 Å². The number of hydrogen-bond donors (Lipinski definition) is 1. The van der Waals surface area contributed by atoms with Gasteiger partial charge in [0.05, 0.1) is 17.1 Å². The highest BCUT2D eigenvalue weighted by molar-refractivity contribution is 5.85. The van der Waals surface area contributed by atoms with Gasteiger partial charge in [0.15, 0.2) is 5.65 Å². The van der Waals surface area contributed by atoms with Crippen molar-refractivity contribution in [2.75, 3.05) is 12.3 Å². The summed E-state index contributed by atoms with van der Waals surface area (Å²) in [5.41, 5.74) is 8.68. The molecule has 144 valence electrons. The fraction of sp³-hybridized carbons (Fsp3) is 0.364. The van der Waals surface area contributed by atoms with Crippen LogP contribution < -0.4 is 5.73 Å². The molecule has 3 heterocycles. The molecule has 1 amide bonds. The Morgan fingerprint density at radius 2 is 1.93 bits per heavy atom. The van der Waals surface area contributed by atoms with E-state index in [4.69, 9.17) is 10.7 Å². The molecule has 1 atom stereocenters. The number of likely N-dealkylation sites (tertiary alicyclic amines) is 1. The third-order valence-corrected chi connectivity index (χ3v) is 5.36. The normalized spacial score (nSPS) is 17.0. The molecular weight excluding hydrogens is 350 g/mol. The first-order valence-corrected chi connectivity index (χ1v) is 9.86. The maximum atomic E-state index is 13.0. The number of anilines is 1. The van der Waals surface area contributed by atoms with Crippen molar-refractivity contribution in [1.29, 1.82) is 0 Å². The SMILES string of the molecule is Cc1nc(N)c2ccc(C3CCCCN3C(=O)CCc3ccccc3)nc2n1. The third-order valence-electron chi connectivity index (χ3n) is 5.36. The molecule has 0 bridgehead atoms. The van der Waals surface area contributed by atoms with Crippen molar-refractivity contribution in [3.8, 4) is 0 Å². The van der Waals surface area contributed by atoms with Crippen LogP contribution in [0.2, 0.25) is 0 Å². The number of rotatable bonds is 4. The summed E-state index contributed by atoms with van der Waals surface area (Å²) in [6, 6.07) is 14.0. The molecule has 2 aromatic heterocycles. The molecule has 0 spiro atoms. The lowest BCUT2D eigenvalue weighted by Crippen LogP contribution is -2.39. The number of nitrogens with two attached hydrogens (primary N) is 1. The summed E-state index contributed by atoms with van der Waals surface area (Å²) >= 11 is 0. The minimum absolute atomic E-state index is 0.00193. The third kappa shape index (κ3) is 3.81. The molecule has 1 aliphatic heterocycles. The van der Waals surface area contributed by atoms with Crippen LogP contribution in [0.15, 0.2) is 42.5 Å². The number of aryl methyl sites for hydroxylation is 2. The van der Waals surface area contributed by atoms with Crippen molar-refractivity contribution >= 4 is 22.8 Å². The highest BCUT2D eigenvalue weighted by atomic mass is 16.2. The Balaban J connectivity index is 1.56. The van der Waals surface area contributed by atoms with Gasteiger partial charge in [0.25, 0.3) is 0 Å². The first kappa shape index (κ1) is 18.3. The van der Waals surface area contributed by atoms with Crippen LogP contribution in [0.25, 0.3) is 11.0 Å². The number of carbonyl (C=O) groups excluding carboxylic acids is 1. The predicted octanol–water partition coefficient (Wildman–Crippen LogP) is 3.60. The van der Waals surface area contributed by atoms with Gasteiger partial charge in [-0.3, -0.25) is 4.79 Å². The minimum Gasteiger partial charge on any atom is -0.383 e. The summed E-state index contributed by atoms with van der Waals surface area (Å²) in [6.07, 6.45) is 4.33. The van der Waals surface area contributed by atoms with E-state index in [-0.39, 0.29) is 11.9 Å². The van der Waals surface area contributed by atoms with Gasteiger partial charge in [-0.15, -0.1) is 0 Å². The van der Waals surface area contributed by atoms with Crippen LogP contribution in [0.3, 0.4) is 0 Å². The van der Waals surface area contributed by atoms with Gasteiger partial charge in [0, 0.05) is 13.0 Å². The van der Waals surface area contributed by atoms with Gasteiger partial charge in [-0.05, 0) is 50.3 Å². The first-order valence-electron chi connectivity index (χ1n) is 9.86. The van der Waals surface area contributed by atoms with Gasteiger partial charge >= 0.3 is 0 Å². The smallest absolute Gasteiger partial charge is 0.223 e. The molecule has 1 aliphatic rings. The lowest BCUT2D eigenvalue weighted by molar-refractivity contribution is -0.135. The average molecular weight is 375 g/mol. The number of amides is 1. The Morgan fingerprint density at radius 1 is 1.11 bits per heavy atom. The largest absolute Gasteiger partial charge is 0.383 e. The zero-order valence-electron chi connectivity index (χ0n) is 16.1. The maximum absolute atomic E-state index is 13.0. The number of carbonyl (C=O) groups is 1. The van der Waals surface area contributed by atoms with Gasteiger partial charge in [-0.2, -0.15) is 0 Å². The number of fused-ring (bicyclic) bond motifs is 1. The molecule has 1 aromatic carbocycles. The number of benzene rings is 1. The van der Waals surface area contributed by atoms with Crippen LogP contribution >= 0.6 is 0 Å². The van der Waals surface area contributed by atoms with E-state index >= 15 is 0 Å². The van der Waals surface area contributed by atoms with E-state index < -0.39 is 0 Å². The molecule has 6 nitrogen and oxygen atoms in total. The van der Waals surface area contributed by atoms with Gasteiger partial charge in [-0.25, -0.2) is 15.0 Å². The Morgan fingerprint density at radius 3 is 2.75 bits per heavy atom. The summed E-state index contributed by atoms with van der Waals surface area (Å²) in [5, 5.41) is 0.757. The van der Waals surface area contributed by atoms with E-state index in [1.807, 2.05) is 42.2 Å². The molecule has 0 radical (unpaired) electrons. The standard InChI is InChI=1S/C22H25N5O/c1-15-24-21(23)17-11-12-18(26-22(17)25-15)19-9-5-6-14-27(19)20(28)13-10-16-7-3-2-4-8-16/h2-4,7-8,11-12,19H,5-6,9-10,13-14H2,1H3,(H2,23,24,25,26). The number of nitrogen functional groups attached to an aromatic ring is 1. The molecule has 6 heteroatoms. The second-order valence-electron chi connectivity index (χ2n) is 7.35. The summed E-state index contributed by atoms with van der Waals surface area (Å²) in [5.74, 6) is 1.24. The summed E-state index contributed by atoms with van der Waals surface area (Å²) < 4.78 is 0. The Hall–Kier alpha value is -3.02. The van der Waals surface area contributed by atoms with E-state index in [0.29, 0.717) is 23.7 Å². The summed E-state index contributed by atoms with van der Waals surface area (Å²) in [7, 11) is 0. The fourth-order valence-electron chi connectivity index (χ4n) is 3.92. The monoisotopic (exact) mass is 375 g/mol. The van der Waals surface area contributed by atoms with E-state index in [0.717, 1.165) is 43.3 Å². The second-order valence-corrected chi connectivity index (χ2v) is 7.35. The van der Waals surface area contributed by atoms with Crippen LogP contribution in [0, 0.1) is 6.92 Å². The van der Waals surface area contributed by atoms with Gasteiger partial charge in [0.1, 0.15) is 11.6 Å². The van der Waals surface area contributed by atoms with Crippen LogP contribution in [-0.2, 0) is 11.2 Å². The van der Waals surface area contributed by atoms with E-state index in [9.17, 15) is 4.79 Å². The van der Waals surface area contributed by atoms with E-state index in [2.05, 4.69) is 22.1 Å². The molecule has 3 aromatic rings. The van der Waals surface area contributed by atoms with Crippen molar-refractivity contribution in [2.45, 2.75) is 45.1 Å². The topological polar surface area (TPSA) is 85.0 Å². The molecule has 2 N–H and O–H groups in total. The Bertz CT molecular complexity index is 989. The van der Waals surface area contributed by atoms with Crippen molar-refractivity contribution in [3.63, 3.8) is 0 Å². The molecule has 0 aliphatic carbocycles. The number of pyridine rings is 1.